The Kier molecular flexibility index (Phi) is 3.85. The van der Waals surface area contributed by atoms with E-state index in [4.69, 9.17) is 11.1 Å². The van der Waals surface area contributed by atoms with E-state index < -0.39 is 17.6 Å². The van der Waals surface area contributed by atoms with Crippen molar-refractivity contribution in [3.8, 4) is 0 Å². The second-order valence-corrected chi connectivity index (χ2v) is 4.39. The normalized spacial score (nSPS) is 11.5. The maximum atomic E-state index is 12.6. The fraction of sp³-hybridized carbons (Fsp3) is 0.300. The van der Waals surface area contributed by atoms with E-state index in [2.05, 4.69) is 0 Å². The summed E-state index contributed by atoms with van der Waals surface area (Å²) in [6.07, 6.45) is -4.48. The topological polar surface area (TPSA) is 49.9 Å². The Bertz CT molecular complexity index is 402. The molecule has 0 saturated carbocycles. The van der Waals surface area contributed by atoms with Crippen LogP contribution in [0.3, 0.4) is 0 Å². The smallest absolute Gasteiger partial charge is 0.384 e. The van der Waals surface area contributed by atoms with Gasteiger partial charge in [0.2, 0.25) is 0 Å². The molecule has 1 rings (SSSR count). The molecule has 16 heavy (non-hydrogen) atoms. The molecule has 88 valence electrons. The second kappa shape index (κ2) is 4.78. The van der Waals surface area contributed by atoms with Crippen molar-refractivity contribution in [3.05, 3.63) is 29.3 Å². The zero-order valence-electron chi connectivity index (χ0n) is 8.56. The van der Waals surface area contributed by atoms with E-state index in [0.29, 0.717) is 4.90 Å². The van der Waals surface area contributed by atoms with Crippen LogP contribution in [0.25, 0.3) is 0 Å². The molecule has 6 heteroatoms. The lowest BCUT2D eigenvalue weighted by Gasteiger charge is -2.12. The molecule has 0 heterocycles. The second-order valence-electron chi connectivity index (χ2n) is 3.05. The Labute approximate surface area is 95.5 Å². The zero-order chi connectivity index (χ0) is 12.3. The van der Waals surface area contributed by atoms with Crippen LogP contribution in [0.1, 0.15) is 18.1 Å². The van der Waals surface area contributed by atoms with Gasteiger partial charge in [0, 0.05) is 10.5 Å². The Morgan fingerprint density at radius 3 is 2.50 bits per heavy atom. The summed E-state index contributed by atoms with van der Waals surface area (Å²) < 4.78 is 37.7. The Morgan fingerprint density at radius 1 is 1.44 bits per heavy atom. The lowest BCUT2D eigenvalue weighted by Crippen LogP contribution is -2.18. The molecule has 0 aromatic heterocycles. The number of alkyl halides is 3. The van der Waals surface area contributed by atoms with Crippen molar-refractivity contribution >= 4 is 17.6 Å². The number of hydrogen-bond acceptors (Lipinski definition) is 2. The van der Waals surface area contributed by atoms with Crippen LogP contribution in [-0.4, -0.2) is 11.6 Å². The number of thioether (sulfide) groups is 1. The average molecular weight is 248 g/mol. The first-order chi connectivity index (χ1) is 7.36. The van der Waals surface area contributed by atoms with Crippen LogP contribution in [0.5, 0.6) is 0 Å². The minimum absolute atomic E-state index is 0.258. The molecular weight excluding hydrogens is 237 g/mol. The van der Waals surface area contributed by atoms with Crippen molar-refractivity contribution in [2.75, 3.05) is 5.75 Å². The van der Waals surface area contributed by atoms with Crippen LogP contribution in [-0.2, 0) is 6.18 Å². The molecule has 0 bridgehead atoms. The maximum absolute atomic E-state index is 12.6. The third-order valence-electron chi connectivity index (χ3n) is 1.90. The van der Waals surface area contributed by atoms with Gasteiger partial charge in [0.25, 0.3) is 0 Å². The molecule has 0 atom stereocenters. The predicted molar refractivity (Wildman–Crippen MR) is 58.9 cm³/mol. The van der Waals surface area contributed by atoms with E-state index in [1.807, 2.05) is 6.92 Å². The summed E-state index contributed by atoms with van der Waals surface area (Å²) in [6, 6.07) is 3.66. The van der Waals surface area contributed by atoms with Gasteiger partial charge in [0.15, 0.2) is 0 Å². The minimum atomic E-state index is -4.48. The first-order valence-electron chi connectivity index (χ1n) is 4.54. The molecule has 0 aliphatic heterocycles. The van der Waals surface area contributed by atoms with Gasteiger partial charge in [0.1, 0.15) is 5.84 Å². The van der Waals surface area contributed by atoms with Crippen LogP contribution in [0.15, 0.2) is 23.1 Å². The summed E-state index contributed by atoms with van der Waals surface area (Å²) in [6.45, 7) is 1.90. The molecule has 1 aromatic rings. The molecule has 1 aromatic carbocycles. The van der Waals surface area contributed by atoms with E-state index in [-0.39, 0.29) is 5.56 Å². The minimum Gasteiger partial charge on any atom is -0.384 e. The van der Waals surface area contributed by atoms with Gasteiger partial charge < -0.3 is 5.73 Å². The predicted octanol–water partition coefficient (Wildman–Crippen LogP) is 3.10. The SMILES string of the molecule is CCSc1ccc(C(F)(F)F)c(C(=N)N)c1. The Hall–Kier alpha value is -1.17. The van der Waals surface area contributed by atoms with Gasteiger partial charge in [-0.2, -0.15) is 13.2 Å². The van der Waals surface area contributed by atoms with Gasteiger partial charge >= 0.3 is 6.18 Å². The molecular formula is C10H11F3N2S. The van der Waals surface area contributed by atoms with E-state index >= 15 is 0 Å². The fourth-order valence-corrected chi connectivity index (χ4v) is 1.95. The van der Waals surface area contributed by atoms with E-state index in [1.54, 1.807) is 0 Å². The van der Waals surface area contributed by atoms with Gasteiger partial charge in [-0.25, -0.2) is 0 Å². The Morgan fingerprint density at radius 2 is 2.06 bits per heavy atom. The molecule has 0 amide bonds. The summed E-state index contributed by atoms with van der Waals surface area (Å²) in [5.74, 6) is 0.189. The van der Waals surface area contributed by atoms with Crippen LogP contribution in [0.2, 0.25) is 0 Å². The number of hydrogen-bond donors (Lipinski definition) is 2. The Balaban J connectivity index is 3.25. The van der Waals surface area contributed by atoms with Crippen molar-refractivity contribution in [2.45, 2.75) is 18.0 Å². The third-order valence-corrected chi connectivity index (χ3v) is 2.77. The van der Waals surface area contributed by atoms with Crippen LogP contribution in [0.4, 0.5) is 13.2 Å². The monoisotopic (exact) mass is 248 g/mol. The summed E-state index contributed by atoms with van der Waals surface area (Å²) in [5, 5.41) is 7.15. The molecule has 0 aliphatic carbocycles. The molecule has 2 nitrogen and oxygen atoms in total. The van der Waals surface area contributed by atoms with Crippen LogP contribution >= 0.6 is 11.8 Å². The molecule has 0 fully saturated rings. The van der Waals surface area contributed by atoms with E-state index in [9.17, 15) is 13.2 Å². The summed E-state index contributed by atoms with van der Waals surface area (Å²) >= 11 is 1.41. The van der Waals surface area contributed by atoms with Gasteiger partial charge in [-0.3, -0.25) is 5.41 Å². The van der Waals surface area contributed by atoms with E-state index in [0.717, 1.165) is 11.8 Å². The van der Waals surface area contributed by atoms with Crippen molar-refractivity contribution < 1.29 is 13.2 Å². The maximum Gasteiger partial charge on any atom is 0.417 e. The fourth-order valence-electron chi connectivity index (χ4n) is 1.25. The number of nitrogen functional groups attached to an aromatic ring is 1. The first-order valence-corrected chi connectivity index (χ1v) is 5.53. The molecule has 0 saturated heterocycles. The summed E-state index contributed by atoms with van der Waals surface area (Å²) in [7, 11) is 0. The number of rotatable bonds is 3. The van der Waals surface area contributed by atoms with Crippen LogP contribution < -0.4 is 5.73 Å². The van der Waals surface area contributed by atoms with Gasteiger partial charge in [-0.05, 0) is 24.0 Å². The highest BCUT2D eigenvalue weighted by Crippen LogP contribution is 2.33. The van der Waals surface area contributed by atoms with Gasteiger partial charge in [0.05, 0.1) is 5.56 Å². The zero-order valence-corrected chi connectivity index (χ0v) is 9.38. The van der Waals surface area contributed by atoms with Crippen molar-refractivity contribution in [1.29, 1.82) is 5.41 Å². The van der Waals surface area contributed by atoms with Gasteiger partial charge in [-0.15, -0.1) is 11.8 Å². The third kappa shape index (κ3) is 2.91. The molecule has 3 N–H and O–H groups in total. The number of nitrogens with two attached hydrogens (primary N) is 1. The van der Waals surface area contributed by atoms with Crippen LogP contribution in [0, 0.1) is 5.41 Å². The molecule has 0 unspecified atom stereocenters. The van der Waals surface area contributed by atoms with Gasteiger partial charge in [-0.1, -0.05) is 6.92 Å². The first kappa shape index (κ1) is 12.9. The van der Waals surface area contributed by atoms with Crippen molar-refractivity contribution in [1.82, 2.24) is 0 Å². The standard InChI is InChI=1S/C10H11F3N2S/c1-2-16-6-3-4-8(10(11,12)13)7(5-6)9(14)15/h3-5H,2H2,1H3,(H3,14,15). The highest BCUT2D eigenvalue weighted by Gasteiger charge is 2.34. The summed E-state index contributed by atoms with van der Waals surface area (Å²) in [5.41, 5.74) is 4.03. The number of benzene rings is 1. The lowest BCUT2D eigenvalue weighted by atomic mass is 10.1. The summed E-state index contributed by atoms with van der Waals surface area (Å²) in [4.78, 5) is 0.681. The largest absolute Gasteiger partial charge is 0.417 e. The van der Waals surface area contributed by atoms with E-state index in [1.165, 1.54) is 23.9 Å². The molecule has 0 radical (unpaired) electrons. The number of halogens is 3. The van der Waals surface area contributed by atoms with Crippen molar-refractivity contribution in [2.24, 2.45) is 5.73 Å². The number of amidine groups is 1. The number of nitrogens with one attached hydrogen (secondary N) is 1. The molecule has 0 aliphatic rings. The quantitative estimate of drug-likeness (QED) is 0.490. The highest BCUT2D eigenvalue weighted by atomic mass is 32.2. The molecule has 0 spiro atoms. The average Bonchev–Trinajstić information content (AvgIpc) is 2.16. The lowest BCUT2D eigenvalue weighted by molar-refractivity contribution is -0.137. The highest BCUT2D eigenvalue weighted by molar-refractivity contribution is 7.99. The van der Waals surface area contributed by atoms with Crippen molar-refractivity contribution in [3.63, 3.8) is 0 Å².